The Bertz CT molecular complexity index is 579. The molecule has 0 aliphatic carbocycles. The van der Waals surface area contributed by atoms with E-state index in [4.69, 9.17) is 29.6 Å². The molecule has 0 radical (unpaired) electrons. The highest BCUT2D eigenvalue weighted by Gasteiger charge is 2.07. The van der Waals surface area contributed by atoms with Gasteiger partial charge >= 0.3 is 0 Å². The van der Waals surface area contributed by atoms with E-state index in [9.17, 15) is 0 Å². The van der Waals surface area contributed by atoms with Gasteiger partial charge in [-0.2, -0.15) is 5.10 Å². The molecular weight excluding hydrogens is 268 g/mol. The van der Waals surface area contributed by atoms with Crippen LogP contribution in [0.15, 0.2) is 30.6 Å². The molecule has 18 heavy (non-hydrogen) atoms. The second-order valence-corrected chi connectivity index (χ2v) is 4.64. The summed E-state index contributed by atoms with van der Waals surface area (Å²) in [7, 11) is 0. The standard InChI is InChI=1S/C12H13ClN4S/c1-2-17-7-9(6-15-17)16-11-4-3-8(13)5-10(11)12(14)18/h3-7,16H,2H2,1H3,(H2,14,18). The summed E-state index contributed by atoms with van der Waals surface area (Å²) in [5.74, 6) is 0. The normalized spacial score (nSPS) is 10.3. The summed E-state index contributed by atoms with van der Waals surface area (Å²) >= 11 is 10.9. The summed E-state index contributed by atoms with van der Waals surface area (Å²) in [4.78, 5) is 0.308. The van der Waals surface area contributed by atoms with Crippen LogP contribution in [0.4, 0.5) is 11.4 Å². The Labute approximate surface area is 116 Å². The summed E-state index contributed by atoms with van der Waals surface area (Å²) in [6.07, 6.45) is 3.67. The number of benzene rings is 1. The average Bonchev–Trinajstić information content (AvgIpc) is 2.79. The van der Waals surface area contributed by atoms with Crippen molar-refractivity contribution in [1.82, 2.24) is 9.78 Å². The molecule has 0 amide bonds. The van der Waals surface area contributed by atoms with Crippen LogP contribution in [-0.4, -0.2) is 14.8 Å². The van der Waals surface area contributed by atoms with E-state index in [0.717, 1.165) is 23.5 Å². The highest BCUT2D eigenvalue weighted by atomic mass is 35.5. The van der Waals surface area contributed by atoms with Crippen molar-refractivity contribution in [2.24, 2.45) is 5.73 Å². The van der Waals surface area contributed by atoms with Crippen LogP contribution in [0.25, 0.3) is 0 Å². The lowest BCUT2D eigenvalue weighted by molar-refractivity contribution is 0.660. The Kier molecular flexibility index (Phi) is 3.84. The molecule has 94 valence electrons. The Hall–Kier alpha value is -1.59. The predicted octanol–water partition coefficient (Wildman–Crippen LogP) is 2.93. The van der Waals surface area contributed by atoms with E-state index in [1.54, 1.807) is 18.3 Å². The Morgan fingerprint density at radius 3 is 2.94 bits per heavy atom. The highest BCUT2D eigenvalue weighted by Crippen LogP contribution is 2.24. The molecule has 2 aromatic rings. The molecule has 1 aromatic heterocycles. The topological polar surface area (TPSA) is 55.9 Å². The quantitative estimate of drug-likeness (QED) is 0.846. The van der Waals surface area contributed by atoms with Crippen molar-refractivity contribution in [3.63, 3.8) is 0 Å². The second kappa shape index (κ2) is 5.37. The van der Waals surface area contributed by atoms with Crippen molar-refractivity contribution >= 4 is 40.2 Å². The van der Waals surface area contributed by atoms with Crippen LogP contribution in [0.5, 0.6) is 0 Å². The van der Waals surface area contributed by atoms with Gasteiger partial charge < -0.3 is 11.1 Å². The van der Waals surface area contributed by atoms with Crippen molar-refractivity contribution in [1.29, 1.82) is 0 Å². The molecule has 0 spiro atoms. The van der Waals surface area contributed by atoms with Crippen LogP contribution in [0.2, 0.25) is 5.02 Å². The van der Waals surface area contributed by atoms with Gasteiger partial charge in [0.25, 0.3) is 0 Å². The van der Waals surface area contributed by atoms with E-state index in [-0.39, 0.29) is 0 Å². The van der Waals surface area contributed by atoms with Crippen molar-refractivity contribution in [2.75, 3.05) is 5.32 Å². The van der Waals surface area contributed by atoms with E-state index in [1.807, 2.05) is 23.9 Å². The molecule has 6 heteroatoms. The first-order valence-electron chi connectivity index (χ1n) is 5.49. The molecule has 0 saturated heterocycles. The number of hydrogen-bond acceptors (Lipinski definition) is 3. The molecule has 0 fully saturated rings. The molecule has 2 rings (SSSR count). The van der Waals surface area contributed by atoms with Crippen molar-refractivity contribution in [2.45, 2.75) is 13.5 Å². The lowest BCUT2D eigenvalue weighted by Crippen LogP contribution is -2.11. The average molecular weight is 281 g/mol. The molecule has 0 bridgehead atoms. The lowest BCUT2D eigenvalue weighted by Gasteiger charge is -2.09. The van der Waals surface area contributed by atoms with Crippen LogP contribution in [-0.2, 0) is 6.54 Å². The van der Waals surface area contributed by atoms with Crippen LogP contribution in [0.1, 0.15) is 12.5 Å². The van der Waals surface area contributed by atoms with E-state index >= 15 is 0 Å². The number of nitrogens with two attached hydrogens (primary N) is 1. The minimum Gasteiger partial charge on any atom is -0.389 e. The van der Waals surface area contributed by atoms with Gasteiger partial charge in [-0.05, 0) is 25.1 Å². The fourth-order valence-corrected chi connectivity index (χ4v) is 1.93. The second-order valence-electron chi connectivity index (χ2n) is 3.76. The predicted molar refractivity (Wildman–Crippen MR) is 78.5 cm³/mol. The summed E-state index contributed by atoms with van der Waals surface area (Å²) in [6, 6.07) is 5.38. The SMILES string of the molecule is CCn1cc(Nc2ccc(Cl)cc2C(N)=S)cn1. The lowest BCUT2D eigenvalue weighted by atomic mass is 10.1. The Morgan fingerprint density at radius 2 is 2.33 bits per heavy atom. The first-order chi connectivity index (χ1) is 8.60. The molecule has 0 atom stereocenters. The summed E-state index contributed by atoms with van der Waals surface area (Å²) < 4.78 is 1.83. The van der Waals surface area contributed by atoms with Gasteiger partial charge in [0.15, 0.2) is 0 Å². The minimum atomic E-state index is 0.308. The molecule has 3 N–H and O–H groups in total. The van der Waals surface area contributed by atoms with E-state index in [2.05, 4.69) is 10.4 Å². The number of aryl methyl sites for hydroxylation is 1. The molecule has 1 aromatic carbocycles. The number of nitrogens with one attached hydrogen (secondary N) is 1. The van der Waals surface area contributed by atoms with Crippen LogP contribution in [0.3, 0.4) is 0 Å². The van der Waals surface area contributed by atoms with Gasteiger partial charge in [-0.15, -0.1) is 0 Å². The zero-order chi connectivity index (χ0) is 13.1. The molecule has 0 aliphatic rings. The monoisotopic (exact) mass is 280 g/mol. The van der Waals surface area contributed by atoms with Gasteiger partial charge in [0.2, 0.25) is 0 Å². The Balaban J connectivity index is 2.30. The van der Waals surface area contributed by atoms with E-state index in [0.29, 0.717) is 10.0 Å². The van der Waals surface area contributed by atoms with E-state index in [1.165, 1.54) is 0 Å². The van der Waals surface area contributed by atoms with Crippen LogP contribution in [0, 0.1) is 0 Å². The van der Waals surface area contributed by atoms with Crippen molar-refractivity contribution in [3.8, 4) is 0 Å². The number of hydrogen-bond donors (Lipinski definition) is 2. The van der Waals surface area contributed by atoms with Crippen LogP contribution >= 0.6 is 23.8 Å². The van der Waals surface area contributed by atoms with Gasteiger partial charge in [-0.25, -0.2) is 0 Å². The zero-order valence-electron chi connectivity index (χ0n) is 9.85. The third kappa shape index (κ3) is 2.80. The maximum Gasteiger partial charge on any atom is 0.106 e. The number of halogens is 1. The van der Waals surface area contributed by atoms with Gasteiger partial charge in [0, 0.05) is 29.0 Å². The molecule has 1 heterocycles. The first kappa shape index (κ1) is 12.9. The summed E-state index contributed by atoms with van der Waals surface area (Å²) in [6.45, 7) is 2.85. The minimum absolute atomic E-state index is 0.308. The molecule has 4 nitrogen and oxygen atoms in total. The smallest absolute Gasteiger partial charge is 0.106 e. The number of nitrogens with zero attached hydrogens (tertiary/aromatic N) is 2. The van der Waals surface area contributed by atoms with Gasteiger partial charge in [0.1, 0.15) is 4.99 Å². The molecule has 0 saturated carbocycles. The fourth-order valence-electron chi connectivity index (χ4n) is 1.59. The first-order valence-corrected chi connectivity index (χ1v) is 6.27. The maximum atomic E-state index is 5.93. The molecule has 0 unspecified atom stereocenters. The Morgan fingerprint density at radius 1 is 1.56 bits per heavy atom. The summed E-state index contributed by atoms with van der Waals surface area (Å²) in [5, 5.41) is 8.02. The maximum absolute atomic E-state index is 5.93. The van der Waals surface area contributed by atoms with Crippen LogP contribution < -0.4 is 11.1 Å². The third-order valence-electron chi connectivity index (χ3n) is 2.48. The number of rotatable bonds is 4. The largest absolute Gasteiger partial charge is 0.389 e. The number of thiocarbonyl (C=S) groups is 1. The molecule has 0 aliphatic heterocycles. The number of anilines is 2. The van der Waals surface area contributed by atoms with Gasteiger partial charge in [-0.3, -0.25) is 4.68 Å². The van der Waals surface area contributed by atoms with Crippen molar-refractivity contribution < 1.29 is 0 Å². The van der Waals surface area contributed by atoms with E-state index < -0.39 is 0 Å². The van der Waals surface area contributed by atoms with Gasteiger partial charge in [0.05, 0.1) is 11.9 Å². The highest BCUT2D eigenvalue weighted by molar-refractivity contribution is 7.80. The van der Waals surface area contributed by atoms with Crippen molar-refractivity contribution in [3.05, 3.63) is 41.2 Å². The fraction of sp³-hybridized carbons (Fsp3) is 0.167. The molecular formula is C12H13ClN4S. The summed E-state index contributed by atoms with van der Waals surface area (Å²) in [5.41, 5.74) is 8.11. The van der Waals surface area contributed by atoms with Gasteiger partial charge in [-0.1, -0.05) is 23.8 Å². The third-order valence-corrected chi connectivity index (χ3v) is 2.94. The zero-order valence-corrected chi connectivity index (χ0v) is 11.4. The number of aromatic nitrogens is 2.